The Morgan fingerprint density at radius 2 is 2.12 bits per heavy atom. The molecule has 0 saturated carbocycles. The number of thioether (sulfide) groups is 1. The molecule has 0 fully saturated rings. The van der Waals surface area contributed by atoms with Crippen LogP contribution in [0.4, 0.5) is 16.5 Å². The first-order valence-electron chi connectivity index (χ1n) is 7.64. The van der Waals surface area contributed by atoms with Crippen molar-refractivity contribution in [1.82, 2.24) is 10.2 Å². The number of carbonyl (C=O) groups excluding carboxylic acids is 1. The molecule has 1 aromatic heterocycles. The molecule has 1 heterocycles. The first-order valence-corrected chi connectivity index (χ1v) is 9.34. The molecule has 1 aromatic carbocycles. The summed E-state index contributed by atoms with van der Waals surface area (Å²) < 4.78 is 0.688. The van der Waals surface area contributed by atoms with Crippen molar-refractivity contribution in [2.45, 2.75) is 30.4 Å². The SMILES string of the molecule is CC(C)CNc1nnc(SC(C)C(=O)Nc2cccc([N+](=O)[O-])c2)s1. The Balaban J connectivity index is 1.92. The number of carbonyl (C=O) groups is 1. The van der Waals surface area contributed by atoms with Crippen LogP contribution >= 0.6 is 23.1 Å². The van der Waals surface area contributed by atoms with Gasteiger partial charge in [0.2, 0.25) is 11.0 Å². The van der Waals surface area contributed by atoms with Crippen molar-refractivity contribution in [3.8, 4) is 0 Å². The normalized spacial score (nSPS) is 12.0. The van der Waals surface area contributed by atoms with Crippen molar-refractivity contribution >= 4 is 45.5 Å². The lowest BCUT2D eigenvalue weighted by molar-refractivity contribution is -0.384. The van der Waals surface area contributed by atoms with E-state index in [0.717, 1.165) is 11.7 Å². The van der Waals surface area contributed by atoms with Crippen molar-refractivity contribution < 1.29 is 9.72 Å². The summed E-state index contributed by atoms with van der Waals surface area (Å²) in [5.74, 6) is 0.247. The average Bonchev–Trinajstić information content (AvgIpc) is 3.00. The van der Waals surface area contributed by atoms with Crippen LogP contribution in [0.15, 0.2) is 28.6 Å². The minimum atomic E-state index is -0.499. The van der Waals surface area contributed by atoms with Gasteiger partial charge in [-0.1, -0.05) is 43.0 Å². The molecule has 2 rings (SSSR count). The maximum atomic E-state index is 12.3. The third-order valence-electron chi connectivity index (χ3n) is 3.04. The van der Waals surface area contributed by atoms with Gasteiger partial charge < -0.3 is 10.6 Å². The molecule has 0 saturated heterocycles. The minimum Gasteiger partial charge on any atom is -0.360 e. The number of anilines is 2. The molecular formula is C15H19N5O3S2. The zero-order chi connectivity index (χ0) is 18.4. The molecule has 2 aromatic rings. The Morgan fingerprint density at radius 1 is 1.36 bits per heavy atom. The quantitative estimate of drug-likeness (QED) is 0.408. The fraction of sp³-hybridized carbons (Fsp3) is 0.400. The summed E-state index contributed by atoms with van der Waals surface area (Å²) in [6, 6.07) is 5.85. The minimum absolute atomic E-state index is 0.0666. The van der Waals surface area contributed by atoms with Crippen LogP contribution in [-0.2, 0) is 4.79 Å². The lowest BCUT2D eigenvalue weighted by Crippen LogP contribution is -2.22. The number of amides is 1. The summed E-state index contributed by atoms with van der Waals surface area (Å²) in [6.45, 7) is 6.76. The van der Waals surface area contributed by atoms with Crippen LogP contribution < -0.4 is 10.6 Å². The van der Waals surface area contributed by atoms with Gasteiger partial charge in [-0.15, -0.1) is 10.2 Å². The van der Waals surface area contributed by atoms with Crippen molar-refractivity contribution in [3.05, 3.63) is 34.4 Å². The summed E-state index contributed by atoms with van der Waals surface area (Å²) in [5, 5.41) is 25.1. The van der Waals surface area contributed by atoms with Crippen LogP contribution in [0.25, 0.3) is 0 Å². The van der Waals surface area contributed by atoms with Gasteiger partial charge in [-0.2, -0.15) is 0 Å². The predicted molar refractivity (Wildman–Crippen MR) is 100 cm³/mol. The first-order chi connectivity index (χ1) is 11.8. The van der Waals surface area contributed by atoms with Gasteiger partial charge in [-0.05, 0) is 18.9 Å². The third kappa shape index (κ3) is 5.98. The smallest absolute Gasteiger partial charge is 0.271 e. The molecule has 0 radical (unpaired) electrons. The largest absolute Gasteiger partial charge is 0.360 e. The van der Waals surface area contributed by atoms with Crippen LogP contribution in [0.1, 0.15) is 20.8 Å². The Labute approximate surface area is 153 Å². The fourth-order valence-corrected chi connectivity index (χ4v) is 3.67. The van der Waals surface area contributed by atoms with Crippen LogP contribution in [0, 0.1) is 16.0 Å². The van der Waals surface area contributed by atoms with E-state index in [1.165, 1.54) is 41.3 Å². The number of rotatable bonds is 8. The first kappa shape index (κ1) is 19.1. The van der Waals surface area contributed by atoms with E-state index < -0.39 is 10.2 Å². The summed E-state index contributed by atoms with van der Waals surface area (Å²) in [5.41, 5.74) is 0.325. The zero-order valence-corrected chi connectivity index (χ0v) is 15.7. The van der Waals surface area contributed by atoms with Crippen LogP contribution in [0.3, 0.4) is 0 Å². The van der Waals surface area contributed by atoms with Crippen LogP contribution in [0.2, 0.25) is 0 Å². The van der Waals surface area contributed by atoms with E-state index in [9.17, 15) is 14.9 Å². The fourth-order valence-electron chi connectivity index (χ4n) is 1.77. The molecule has 0 spiro atoms. The highest BCUT2D eigenvalue weighted by molar-refractivity contribution is 8.02. The van der Waals surface area contributed by atoms with E-state index in [0.29, 0.717) is 15.9 Å². The molecule has 25 heavy (non-hydrogen) atoms. The number of non-ortho nitro benzene ring substituents is 1. The number of hydrogen-bond donors (Lipinski definition) is 2. The number of benzene rings is 1. The number of hydrogen-bond acceptors (Lipinski definition) is 8. The Bertz CT molecular complexity index is 750. The van der Waals surface area contributed by atoms with Crippen molar-refractivity contribution in [2.24, 2.45) is 5.92 Å². The molecule has 0 aliphatic carbocycles. The molecule has 0 bridgehead atoms. The standard InChI is InChI=1S/C15H19N5O3S2/c1-9(2)8-16-14-18-19-15(25-14)24-10(3)13(21)17-11-5-4-6-12(7-11)20(22)23/h4-7,9-10H,8H2,1-3H3,(H,16,18)(H,17,21). The second-order valence-corrected chi connectivity index (χ2v) is 8.27. The van der Waals surface area contributed by atoms with E-state index in [1.807, 2.05) is 0 Å². The van der Waals surface area contributed by atoms with Gasteiger partial charge >= 0.3 is 0 Å². The van der Waals surface area contributed by atoms with E-state index >= 15 is 0 Å². The molecule has 0 aliphatic rings. The van der Waals surface area contributed by atoms with Gasteiger partial charge in [-0.3, -0.25) is 14.9 Å². The van der Waals surface area contributed by atoms with E-state index in [2.05, 4.69) is 34.7 Å². The highest BCUT2D eigenvalue weighted by Crippen LogP contribution is 2.29. The van der Waals surface area contributed by atoms with E-state index in [-0.39, 0.29) is 11.6 Å². The van der Waals surface area contributed by atoms with Crippen molar-refractivity contribution in [2.75, 3.05) is 17.2 Å². The highest BCUT2D eigenvalue weighted by atomic mass is 32.2. The van der Waals surface area contributed by atoms with Crippen molar-refractivity contribution in [1.29, 1.82) is 0 Å². The summed E-state index contributed by atoms with van der Waals surface area (Å²) >= 11 is 2.69. The van der Waals surface area contributed by atoms with Gasteiger partial charge in [0.05, 0.1) is 10.2 Å². The maximum Gasteiger partial charge on any atom is 0.271 e. The molecule has 1 unspecified atom stereocenters. The summed E-state index contributed by atoms with van der Waals surface area (Å²) in [6.07, 6.45) is 0. The van der Waals surface area contributed by atoms with E-state index in [1.54, 1.807) is 13.0 Å². The zero-order valence-electron chi connectivity index (χ0n) is 14.1. The number of nitrogens with zero attached hydrogens (tertiary/aromatic N) is 3. The number of nitrogens with one attached hydrogen (secondary N) is 2. The second-order valence-electron chi connectivity index (χ2n) is 5.70. The van der Waals surface area contributed by atoms with E-state index in [4.69, 9.17) is 0 Å². The predicted octanol–water partition coefficient (Wildman–Crippen LogP) is 3.63. The lowest BCUT2D eigenvalue weighted by Gasteiger charge is -2.10. The third-order valence-corrected chi connectivity index (χ3v) is 5.10. The topological polar surface area (TPSA) is 110 Å². The molecule has 2 N–H and O–H groups in total. The average molecular weight is 381 g/mol. The highest BCUT2D eigenvalue weighted by Gasteiger charge is 2.18. The molecule has 0 aliphatic heterocycles. The van der Waals surface area contributed by atoms with Gasteiger partial charge in [0, 0.05) is 24.4 Å². The molecular weight excluding hydrogens is 362 g/mol. The lowest BCUT2D eigenvalue weighted by atomic mass is 10.2. The summed E-state index contributed by atoms with van der Waals surface area (Å²) in [4.78, 5) is 22.5. The Kier molecular flexibility index (Phi) is 6.71. The molecule has 10 heteroatoms. The Morgan fingerprint density at radius 3 is 2.80 bits per heavy atom. The van der Waals surface area contributed by atoms with Gasteiger partial charge in [0.25, 0.3) is 5.69 Å². The number of nitro benzene ring substituents is 1. The molecule has 1 atom stereocenters. The molecule has 134 valence electrons. The van der Waals surface area contributed by atoms with Crippen LogP contribution in [-0.4, -0.2) is 32.8 Å². The van der Waals surface area contributed by atoms with Gasteiger partial charge in [0.15, 0.2) is 4.34 Å². The van der Waals surface area contributed by atoms with Gasteiger partial charge in [-0.25, -0.2) is 0 Å². The van der Waals surface area contributed by atoms with Crippen LogP contribution in [0.5, 0.6) is 0 Å². The van der Waals surface area contributed by atoms with Gasteiger partial charge in [0.1, 0.15) is 0 Å². The Hall–Kier alpha value is -2.20. The number of nitro groups is 1. The summed E-state index contributed by atoms with van der Waals surface area (Å²) in [7, 11) is 0. The maximum absolute atomic E-state index is 12.3. The monoisotopic (exact) mass is 381 g/mol. The number of aromatic nitrogens is 2. The second kappa shape index (κ2) is 8.77. The van der Waals surface area contributed by atoms with Crippen molar-refractivity contribution in [3.63, 3.8) is 0 Å². The molecule has 1 amide bonds. The molecule has 8 nitrogen and oxygen atoms in total.